The van der Waals surface area contributed by atoms with E-state index in [4.69, 9.17) is 0 Å². The van der Waals surface area contributed by atoms with Crippen molar-refractivity contribution in [1.29, 1.82) is 0 Å². The molecule has 0 saturated carbocycles. The van der Waals surface area contributed by atoms with Crippen molar-refractivity contribution >= 4 is 16.3 Å². The molecule has 0 spiro atoms. The molecule has 138 valence electrons. The van der Waals surface area contributed by atoms with Crippen LogP contribution in [0, 0.1) is 5.41 Å². The summed E-state index contributed by atoms with van der Waals surface area (Å²) in [4.78, 5) is 14.2. The van der Waals surface area contributed by atoms with Gasteiger partial charge in [0.15, 0.2) is 0 Å². The first-order valence-corrected chi connectivity index (χ1v) is 10.7. The third kappa shape index (κ3) is 4.47. The van der Waals surface area contributed by atoms with Crippen LogP contribution < -0.4 is 5.32 Å². The Morgan fingerprint density at radius 3 is 2.48 bits per heavy atom. The van der Waals surface area contributed by atoms with Gasteiger partial charge in [0.05, 0.1) is 11.7 Å². The minimum atomic E-state index is -3.12. The van der Waals surface area contributed by atoms with Crippen molar-refractivity contribution in [2.75, 3.05) is 52.1 Å². The molecule has 0 amide bonds. The van der Waals surface area contributed by atoms with Gasteiger partial charge in [-0.15, -0.1) is 0 Å². The highest BCUT2D eigenvalue weighted by molar-refractivity contribution is 7.88. The molecule has 2 heterocycles. The van der Waals surface area contributed by atoms with E-state index in [1.54, 1.807) is 0 Å². The van der Waals surface area contributed by atoms with Gasteiger partial charge in [-0.2, -0.15) is 4.31 Å². The fraction of sp³-hybridized carbons (Fsp3) is 0.611. The zero-order valence-corrected chi connectivity index (χ0v) is 15.5. The van der Waals surface area contributed by atoms with E-state index in [0.29, 0.717) is 45.2 Å². The molecule has 0 aromatic heterocycles. The second-order valence-corrected chi connectivity index (χ2v) is 9.34. The molecule has 1 aromatic rings. The number of aldehydes is 1. The molecular formula is C18H27N3O3S. The van der Waals surface area contributed by atoms with Gasteiger partial charge in [0.2, 0.25) is 10.0 Å². The number of rotatable bonds is 5. The van der Waals surface area contributed by atoms with Crippen LogP contribution in [-0.4, -0.2) is 76.0 Å². The number of benzene rings is 1. The molecule has 25 heavy (non-hydrogen) atoms. The van der Waals surface area contributed by atoms with Crippen molar-refractivity contribution in [3.63, 3.8) is 0 Å². The standard InChI is InChI=1S/C18H27N3O3S/c1-25(23,24)21-9-7-20(8-10-21)14-18(15-22)11-17(12-19-13-18)16-5-3-2-4-6-16/h2-6,15,17,19H,7-14H2,1H3. The van der Waals surface area contributed by atoms with Crippen LogP contribution in [0.1, 0.15) is 17.9 Å². The molecule has 1 aromatic carbocycles. The lowest BCUT2D eigenvalue weighted by molar-refractivity contribution is -0.118. The summed E-state index contributed by atoms with van der Waals surface area (Å²) in [7, 11) is -3.12. The number of nitrogens with zero attached hydrogens (tertiary/aromatic N) is 2. The summed E-state index contributed by atoms with van der Waals surface area (Å²) in [5, 5.41) is 3.43. The Morgan fingerprint density at radius 2 is 1.88 bits per heavy atom. The average Bonchev–Trinajstić information content (AvgIpc) is 2.62. The normalized spacial score (nSPS) is 29.4. The minimum Gasteiger partial charge on any atom is -0.315 e. The summed E-state index contributed by atoms with van der Waals surface area (Å²) in [6.45, 7) is 4.63. The monoisotopic (exact) mass is 365 g/mol. The largest absolute Gasteiger partial charge is 0.315 e. The van der Waals surface area contributed by atoms with E-state index in [1.165, 1.54) is 16.1 Å². The van der Waals surface area contributed by atoms with Gasteiger partial charge in [-0.25, -0.2) is 8.42 Å². The van der Waals surface area contributed by atoms with Gasteiger partial charge in [0.1, 0.15) is 6.29 Å². The predicted octanol–water partition coefficient (Wildman–Crippen LogP) is 0.526. The second kappa shape index (κ2) is 7.53. The Morgan fingerprint density at radius 1 is 1.20 bits per heavy atom. The topological polar surface area (TPSA) is 69.7 Å². The third-order valence-electron chi connectivity index (χ3n) is 5.38. The van der Waals surface area contributed by atoms with Crippen LogP contribution in [0.4, 0.5) is 0 Å². The highest BCUT2D eigenvalue weighted by Gasteiger charge is 2.39. The van der Waals surface area contributed by atoms with Crippen molar-refractivity contribution in [3.05, 3.63) is 35.9 Å². The number of hydrogen-bond donors (Lipinski definition) is 1. The molecule has 2 aliphatic rings. The second-order valence-electron chi connectivity index (χ2n) is 7.36. The lowest BCUT2D eigenvalue weighted by atomic mass is 9.74. The van der Waals surface area contributed by atoms with E-state index in [1.807, 2.05) is 18.2 Å². The molecule has 0 bridgehead atoms. The van der Waals surface area contributed by atoms with Crippen LogP contribution in [0.2, 0.25) is 0 Å². The highest BCUT2D eigenvalue weighted by atomic mass is 32.2. The highest BCUT2D eigenvalue weighted by Crippen LogP contribution is 2.34. The molecule has 0 radical (unpaired) electrons. The van der Waals surface area contributed by atoms with Crippen molar-refractivity contribution in [2.24, 2.45) is 5.41 Å². The smallest absolute Gasteiger partial charge is 0.211 e. The van der Waals surface area contributed by atoms with Gasteiger partial charge in [-0.05, 0) is 17.9 Å². The van der Waals surface area contributed by atoms with Gasteiger partial charge >= 0.3 is 0 Å². The Kier molecular flexibility index (Phi) is 5.58. The maximum atomic E-state index is 12.0. The summed E-state index contributed by atoms with van der Waals surface area (Å²) < 4.78 is 24.8. The van der Waals surface area contributed by atoms with Crippen LogP contribution in [0.15, 0.2) is 30.3 Å². The first kappa shape index (κ1) is 18.5. The Bertz CT molecular complexity index is 687. The van der Waals surface area contributed by atoms with Crippen molar-refractivity contribution in [2.45, 2.75) is 12.3 Å². The average molecular weight is 365 g/mol. The maximum absolute atomic E-state index is 12.0. The maximum Gasteiger partial charge on any atom is 0.211 e. The number of carbonyl (C=O) groups excluding carboxylic acids is 1. The first-order valence-electron chi connectivity index (χ1n) is 8.81. The Labute approximate surface area is 150 Å². The Balaban J connectivity index is 1.64. The molecule has 6 nitrogen and oxygen atoms in total. The molecule has 0 aliphatic carbocycles. The van der Waals surface area contributed by atoms with E-state index < -0.39 is 15.4 Å². The van der Waals surface area contributed by atoms with E-state index in [-0.39, 0.29) is 0 Å². The summed E-state index contributed by atoms with van der Waals surface area (Å²) >= 11 is 0. The Hall–Kier alpha value is -1.28. The van der Waals surface area contributed by atoms with Crippen molar-refractivity contribution in [1.82, 2.24) is 14.5 Å². The SMILES string of the molecule is CS(=O)(=O)N1CCN(CC2(C=O)CNCC(c3ccccc3)C2)CC1. The number of piperidine rings is 1. The number of hydrogen-bond acceptors (Lipinski definition) is 5. The van der Waals surface area contributed by atoms with Crippen molar-refractivity contribution in [3.8, 4) is 0 Å². The fourth-order valence-corrected chi connectivity index (χ4v) is 4.83. The number of nitrogens with one attached hydrogen (secondary N) is 1. The number of sulfonamides is 1. The van der Waals surface area contributed by atoms with E-state index in [0.717, 1.165) is 19.3 Å². The number of piperazine rings is 1. The molecule has 2 unspecified atom stereocenters. The summed E-state index contributed by atoms with van der Waals surface area (Å²) in [5.74, 6) is 0.331. The summed E-state index contributed by atoms with van der Waals surface area (Å²) in [6.07, 6.45) is 3.20. The first-order chi connectivity index (χ1) is 11.9. The van der Waals surface area contributed by atoms with Gasteiger partial charge in [0, 0.05) is 45.8 Å². The molecule has 2 atom stereocenters. The van der Waals surface area contributed by atoms with E-state index >= 15 is 0 Å². The quantitative estimate of drug-likeness (QED) is 0.771. The zero-order valence-electron chi connectivity index (χ0n) is 14.7. The molecular weight excluding hydrogens is 338 g/mol. The van der Waals surface area contributed by atoms with Gasteiger partial charge in [-0.3, -0.25) is 4.90 Å². The van der Waals surface area contributed by atoms with Gasteiger partial charge in [-0.1, -0.05) is 30.3 Å². The lowest BCUT2D eigenvalue weighted by Gasteiger charge is -2.43. The van der Waals surface area contributed by atoms with Gasteiger partial charge in [0.25, 0.3) is 0 Å². The number of carbonyl (C=O) groups is 1. The summed E-state index contributed by atoms with van der Waals surface area (Å²) in [5.41, 5.74) is 0.856. The molecule has 7 heteroatoms. The lowest BCUT2D eigenvalue weighted by Crippen LogP contribution is -2.55. The van der Waals surface area contributed by atoms with Crippen LogP contribution in [0.25, 0.3) is 0 Å². The van der Waals surface area contributed by atoms with E-state index in [9.17, 15) is 13.2 Å². The predicted molar refractivity (Wildman–Crippen MR) is 98.0 cm³/mol. The van der Waals surface area contributed by atoms with Crippen LogP contribution in [0.3, 0.4) is 0 Å². The fourth-order valence-electron chi connectivity index (χ4n) is 4.00. The van der Waals surface area contributed by atoms with Crippen LogP contribution in [0.5, 0.6) is 0 Å². The molecule has 1 N–H and O–H groups in total. The summed E-state index contributed by atoms with van der Waals surface area (Å²) in [6, 6.07) is 10.3. The molecule has 3 rings (SSSR count). The molecule has 2 aliphatic heterocycles. The zero-order chi connectivity index (χ0) is 17.9. The van der Waals surface area contributed by atoms with Crippen LogP contribution in [-0.2, 0) is 14.8 Å². The van der Waals surface area contributed by atoms with Crippen molar-refractivity contribution < 1.29 is 13.2 Å². The van der Waals surface area contributed by atoms with Gasteiger partial charge < -0.3 is 10.1 Å². The van der Waals surface area contributed by atoms with Crippen LogP contribution >= 0.6 is 0 Å². The third-order valence-corrected chi connectivity index (χ3v) is 6.68. The minimum absolute atomic E-state index is 0.331. The molecule has 2 saturated heterocycles. The molecule has 2 fully saturated rings. The van der Waals surface area contributed by atoms with E-state index in [2.05, 4.69) is 22.3 Å².